The molecular formula is C27H25F3N6. The van der Waals surface area contributed by atoms with E-state index in [-0.39, 0.29) is 5.82 Å². The van der Waals surface area contributed by atoms with E-state index in [0.29, 0.717) is 17.3 Å². The first-order valence-corrected chi connectivity index (χ1v) is 11.5. The lowest BCUT2D eigenvalue weighted by Crippen LogP contribution is -2.04. The molecule has 0 aliphatic carbocycles. The van der Waals surface area contributed by atoms with Crippen molar-refractivity contribution < 1.29 is 13.2 Å². The highest BCUT2D eigenvalue weighted by molar-refractivity contribution is 5.92. The first-order valence-electron chi connectivity index (χ1n) is 11.5. The minimum atomic E-state index is -4.48. The van der Waals surface area contributed by atoms with E-state index >= 15 is 0 Å². The maximum absolute atomic E-state index is 13.0. The van der Waals surface area contributed by atoms with Gasteiger partial charge in [0.05, 0.1) is 17.4 Å². The van der Waals surface area contributed by atoms with E-state index in [1.54, 1.807) is 19.2 Å². The highest BCUT2D eigenvalue weighted by Gasteiger charge is 2.34. The Kier molecular flexibility index (Phi) is 5.78. The van der Waals surface area contributed by atoms with E-state index in [9.17, 15) is 13.2 Å². The van der Waals surface area contributed by atoms with Crippen LogP contribution in [0.2, 0.25) is 0 Å². The summed E-state index contributed by atoms with van der Waals surface area (Å²) in [7, 11) is 3.48. The van der Waals surface area contributed by atoms with Crippen molar-refractivity contribution in [3.63, 3.8) is 0 Å². The molecule has 0 amide bonds. The van der Waals surface area contributed by atoms with Crippen molar-refractivity contribution in [1.29, 1.82) is 0 Å². The Labute approximate surface area is 206 Å². The maximum atomic E-state index is 13.0. The van der Waals surface area contributed by atoms with Crippen molar-refractivity contribution in [2.24, 2.45) is 14.1 Å². The van der Waals surface area contributed by atoms with Crippen LogP contribution in [-0.4, -0.2) is 24.1 Å². The Balaban J connectivity index is 1.47. The second-order valence-electron chi connectivity index (χ2n) is 9.08. The van der Waals surface area contributed by atoms with E-state index in [1.165, 1.54) is 10.1 Å². The van der Waals surface area contributed by atoms with Gasteiger partial charge in [-0.05, 0) is 35.7 Å². The normalized spacial score (nSPS) is 12.0. The number of aryl methyl sites for hydroxylation is 2. The molecule has 36 heavy (non-hydrogen) atoms. The molecular weight excluding hydrogens is 465 g/mol. The third-order valence-corrected chi connectivity index (χ3v) is 6.14. The third kappa shape index (κ3) is 4.32. The van der Waals surface area contributed by atoms with Gasteiger partial charge in [0.2, 0.25) is 0 Å². The van der Waals surface area contributed by atoms with Crippen LogP contribution in [0.25, 0.3) is 33.8 Å². The maximum Gasteiger partial charge on any atom is 0.434 e. The number of fused-ring (bicyclic) bond motifs is 1. The zero-order valence-electron chi connectivity index (χ0n) is 20.3. The lowest BCUT2D eigenvalue weighted by molar-refractivity contribution is -0.140. The molecule has 3 heterocycles. The Bertz CT molecular complexity index is 1540. The molecule has 0 atom stereocenters. The van der Waals surface area contributed by atoms with Crippen molar-refractivity contribution in [3.8, 4) is 22.8 Å². The lowest BCUT2D eigenvalue weighted by Gasteiger charge is -2.12. The van der Waals surface area contributed by atoms with Crippen molar-refractivity contribution in [2.75, 3.05) is 5.32 Å². The largest absolute Gasteiger partial charge is 0.434 e. The summed E-state index contributed by atoms with van der Waals surface area (Å²) in [6, 6.07) is 15.2. The molecule has 5 rings (SSSR count). The number of hydrogen-bond acceptors (Lipinski definition) is 4. The fourth-order valence-electron chi connectivity index (χ4n) is 4.31. The summed E-state index contributed by atoms with van der Waals surface area (Å²) in [5.74, 6) is 1.24. The molecule has 184 valence electrons. The molecule has 0 saturated carbocycles. The number of nitrogens with one attached hydrogen (secondary N) is 1. The Morgan fingerprint density at radius 1 is 0.889 bits per heavy atom. The minimum absolute atomic E-state index is 0.250. The fourth-order valence-corrected chi connectivity index (χ4v) is 4.31. The summed E-state index contributed by atoms with van der Waals surface area (Å²) in [5, 5.41) is 3.39. The SMILES string of the molecule is CC(C)c1ccccc1-c1ncc2c(n1)c(Nc1ccc(-c3nc(C(F)(F)F)cn3C)cc1)cn2C. The highest BCUT2D eigenvalue weighted by atomic mass is 19.4. The third-order valence-electron chi connectivity index (χ3n) is 6.14. The van der Waals surface area contributed by atoms with Crippen molar-refractivity contribution >= 4 is 22.4 Å². The van der Waals surface area contributed by atoms with Gasteiger partial charge < -0.3 is 14.5 Å². The molecule has 0 spiro atoms. The second kappa shape index (κ2) is 8.82. The van der Waals surface area contributed by atoms with Gasteiger partial charge in [-0.25, -0.2) is 15.0 Å². The predicted molar refractivity (Wildman–Crippen MR) is 135 cm³/mol. The first-order chi connectivity index (χ1) is 17.1. The van der Waals surface area contributed by atoms with Gasteiger partial charge in [-0.3, -0.25) is 0 Å². The monoisotopic (exact) mass is 490 g/mol. The Morgan fingerprint density at radius 2 is 1.61 bits per heavy atom. The topological polar surface area (TPSA) is 60.6 Å². The molecule has 2 aromatic carbocycles. The van der Waals surface area contributed by atoms with Gasteiger partial charge in [0.15, 0.2) is 11.5 Å². The molecule has 1 N–H and O–H groups in total. The van der Waals surface area contributed by atoms with Crippen LogP contribution in [-0.2, 0) is 20.3 Å². The van der Waals surface area contributed by atoms with E-state index < -0.39 is 11.9 Å². The molecule has 0 aliphatic rings. The van der Waals surface area contributed by atoms with Crippen LogP contribution < -0.4 is 5.32 Å². The fraction of sp³-hybridized carbons (Fsp3) is 0.222. The van der Waals surface area contributed by atoms with Crippen LogP contribution in [0.5, 0.6) is 0 Å². The number of rotatable bonds is 5. The van der Waals surface area contributed by atoms with Crippen LogP contribution >= 0.6 is 0 Å². The standard InChI is InChI=1S/C27H25F3N6/c1-16(2)19-7-5-6-8-20(19)25-31-13-22-24(34-25)21(14-35(22)3)32-18-11-9-17(10-12-18)26-33-23(15-36(26)4)27(28,29)30/h5-16,32H,1-4H3. The summed E-state index contributed by atoms with van der Waals surface area (Å²) in [5.41, 5.74) is 5.11. The zero-order chi connectivity index (χ0) is 25.6. The van der Waals surface area contributed by atoms with Crippen molar-refractivity contribution in [3.05, 3.63) is 78.4 Å². The summed E-state index contributed by atoms with van der Waals surface area (Å²) >= 11 is 0. The van der Waals surface area contributed by atoms with E-state index in [4.69, 9.17) is 4.98 Å². The van der Waals surface area contributed by atoms with Crippen LogP contribution in [0, 0.1) is 0 Å². The molecule has 0 radical (unpaired) electrons. The number of halogens is 3. The lowest BCUT2D eigenvalue weighted by atomic mass is 9.97. The van der Waals surface area contributed by atoms with Gasteiger partial charge >= 0.3 is 6.18 Å². The molecule has 9 heteroatoms. The number of hydrogen-bond donors (Lipinski definition) is 1. The van der Waals surface area contributed by atoms with Gasteiger partial charge in [-0.15, -0.1) is 0 Å². The average Bonchev–Trinajstić information content (AvgIpc) is 3.39. The van der Waals surface area contributed by atoms with Gasteiger partial charge in [-0.1, -0.05) is 38.1 Å². The summed E-state index contributed by atoms with van der Waals surface area (Å²) in [4.78, 5) is 13.3. The Hall–Kier alpha value is -4.14. The van der Waals surface area contributed by atoms with Crippen molar-refractivity contribution in [2.45, 2.75) is 25.9 Å². The Morgan fingerprint density at radius 3 is 2.28 bits per heavy atom. The number of anilines is 2. The van der Waals surface area contributed by atoms with E-state index in [2.05, 4.69) is 35.2 Å². The smallest absolute Gasteiger partial charge is 0.352 e. The van der Waals surface area contributed by atoms with Gasteiger partial charge in [0, 0.05) is 43.3 Å². The number of benzene rings is 2. The molecule has 5 aromatic rings. The molecule has 0 fully saturated rings. The second-order valence-corrected chi connectivity index (χ2v) is 9.08. The summed E-state index contributed by atoms with van der Waals surface area (Å²) < 4.78 is 42.4. The summed E-state index contributed by atoms with van der Waals surface area (Å²) in [6.07, 6.45) is 0.275. The van der Waals surface area contributed by atoms with Crippen molar-refractivity contribution in [1.82, 2.24) is 24.1 Å². The van der Waals surface area contributed by atoms with E-state index in [0.717, 1.165) is 34.2 Å². The predicted octanol–water partition coefficient (Wildman–Crippen LogP) is 6.92. The van der Waals surface area contributed by atoms with Gasteiger partial charge in [-0.2, -0.15) is 13.2 Å². The zero-order valence-corrected chi connectivity index (χ0v) is 20.3. The molecule has 0 bridgehead atoms. The molecule has 0 saturated heterocycles. The van der Waals surface area contributed by atoms with E-state index in [1.807, 2.05) is 54.3 Å². The average molecular weight is 491 g/mol. The molecule has 6 nitrogen and oxygen atoms in total. The van der Waals surface area contributed by atoms with Crippen LogP contribution in [0.4, 0.5) is 24.5 Å². The van der Waals surface area contributed by atoms with Gasteiger partial charge in [0.1, 0.15) is 11.3 Å². The quantitative estimate of drug-likeness (QED) is 0.290. The van der Waals surface area contributed by atoms with Gasteiger partial charge in [0.25, 0.3) is 0 Å². The van der Waals surface area contributed by atoms with Crippen LogP contribution in [0.1, 0.15) is 31.0 Å². The minimum Gasteiger partial charge on any atom is -0.352 e. The molecule has 0 unspecified atom stereocenters. The summed E-state index contributed by atoms with van der Waals surface area (Å²) in [6.45, 7) is 4.29. The highest BCUT2D eigenvalue weighted by Crippen LogP contribution is 2.33. The first kappa shape index (κ1) is 23.6. The number of nitrogens with zero attached hydrogens (tertiary/aromatic N) is 5. The molecule has 3 aromatic heterocycles. The number of alkyl halides is 3. The van der Waals surface area contributed by atoms with Crippen LogP contribution in [0.15, 0.2) is 67.1 Å². The number of imidazole rings is 1. The number of aromatic nitrogens is 5. The van der Waals surface area contributed by atoms with Crippen LogP contribution in [0.3, 0.4) is 0 Å². The molecule has 0 aliphatic heterocycles.